The van der Waals surface area contributed by atoms with E-state index < -0.39 is 0 Å². The molecular weight excluding hydrogens is 515 g/mol. The summed E-state index contributed by atoms with van der Waals surface area (Å²) in [5, 5.41) is 0. The molecule has 0 aliphatic carbocycles. The minimum Gasteiger partial charge on any atom is -1.00 e. The largest absolute Gasteiger partial charge is 5.00 e. The molecule has 0 atom stereocenters. The molecule has 0 N–H and O–H groups in total. The van der Waals surface area contributed by atoms with Gasteiger partial charge >= 0.3 is 84.8 Å². The summed E-state index contributed by atoms with van der Waals surface area (Å²) in [7, 11) is 0. The predicted octanol–water partition coefficient (Wildman–Crippen LogP) is -37.1. The maximum absolute atomic E-state index is 0. The Morgan fingerprint density at radius 3 is 0.200 bits per heavy atom. The van der Waals surface area contributed by atoms with E-state index in [0.717, 1.165) is 0 Å². The van der Waals surface area contributed by atoms with Crippen LogP contribution < -0.4 is 56.5 Å². The molecule has 0 fully saturated rings. The minimum absolute atomic E-state index is 0. The summed E-state index contributed by atoms with van der Waals surface area (Å²) in [5.74, 6) is 0. The van der Waals surface area contributed by atoms with Gasteiger partial charge in [0.05, 0.1) is 0 Å². The summed E-state index contributed by atoms with van der Waals surface area (Å²) in [6, 6.07) is 0. The van der Waals surface area contributed by atoms with Crippen molar-refractivity contribution in [2.45, 2.75) is 0 Å². The average molecular weight is 515 g/mol. The van der Waals surface area contributed by atoms with Crippen LogP contribution in [0, 0.1) is 0 Å². The van der Waals surface area contributed by atoms with Gasteiger partial charge in [-0.1, -0.05) is 0 Å². The first-order chi connectivity index (χ1) is 0. The molecule has 0 aromatic heterocycles. The van der Waals surface area contributed by atoms with E-state index >= 15 is 0 Å². The summed E-state index contributed by atoms with van der Waals surface area (Å²) >= 11 is 0. The van der Waals surface area contributed by atoms with Crippen LogP contribution in [0.5, 0.6) is 0 Å². The molecule has 15 heavy (non-hydrogen) atoms. The standard InChI is InChI=1S/2As.Ba.12FH/h;;;12*1H/q2*+5;+2;;;;;;;;;;;;/p-12. The molecule has 0 aromatic rings. The van der Waals surface area contributed by atoms with Crippen molar-refractivity contribution >= 4 is 84.8 Å². The Hall–Kier alpha value is 1.85. The SMILES string of the molecule is [As+5].[As+5].[Ba+2].[F-].[F-].[F-].[F-].[F-].[F-].[F-].[F-].[F-].[F-].[F-].[F-]. The second-order valence-electron chi connectivity index (χ2n) is 0. The molecule has 0 spiro atoms. The van der Waals surface area contributed by atoms with Gasteiger partial charge in [-0.15, -0.1) is 0 Å². The molecular formula is As2BaF12. The van der Waals surface area contributed by atoms with Crippen LogP contribution in [-0.4, -0.2) is 84.8 Å². The zero-order valence-electron chi connectivity index (χ0n) is 6.14. The Morgan fingerprint density at radius 1 is 0.200 bits per heavy atom. The molecule has 15 heteroatoms. The van der Waals surface area contributed by atoms with Crippen molar-refractivity contribution in [1.82, 2.24) is 0 Å². The number of hydrogen-bond donors (Lipinski definition) is 0. The number of rotatable bonds is 0. The van der Waals surface area contributed by atoms with Gasteiger partial charge in [0.15, 0.2) is 0 Å². The van der Waals surface area contributed by atoms with Crippen LogP contribution in [0.3, 0.4) is 0 Å². The van der Waals surface area contributed by atoms with E-state index in [2.05, 4.69) is 0 Å². The van der Waals surface area contributed by atoms with Crippen LogP contribution in [0.4, 0.5) is 0 Å². The van der Waals surface area contributed by atoms with Gasteiger partial charge in [0.25, 0.3) is 0 Å². The normalized spacial score (nSPS) is 0. The van der Waals surface area contributed by atoms with Crippen molar-refractivity contribution in [3.05, 3.63) is 0 Å². The summed E-state index contributed by atoms with van der Waals surface area (Å²) in [4.78, 5) is 0. The molecule has 0 saturated heterocycles. The van der Waals surface area contributed by atoms with E-state index in [1.54, 1.807) is 0 Å². The van der Waals surface area contributed by atoms with Crippen molar-refractivity contribution < 1.29 is 56.5 Å². The zero-order chi connectivity index (χ0) is 0. The molecule has 0 bridgehead atoms. The van der Waals surface area contributed by atoms with E-state index in [-0.39, 0.29) is 141 Å². The molecule has 0 radical (unpaired) electrons. The fourth-order valence-corrected chi connectivity index (χ4v) is 0. The number of hydrogen-bond acceptors (Lipinski definition) is 0. The molecule has 0 rings (SSSR count). The Bertz CT molecular complexity index is 13.6. The van der Waals surface area contributed by atoms with Crippen LogP contribution in [-0.2, 0) is 0 Å². The fraction of sp³-hybridized carbons (Fsp3) is 0. The molecule has 0 nitrogen and oxygen atoms in total. The van der Waals surface area contributed by atoms with Crippen molar-refractivity contribution in [2.24, 2.45) is 0 Å². The summed E-state index contributed by atoms with van der Waals surface area (Å²) in [5.41, 5.74) is 0. The quantitative estimate of drug-likeness (QED) is 0.222. The monoisotopic (exact) mass is 516 g/mol. The van der Waals surface area contributed by atoms with E-state index in [1.807, 2.05) is 0 Å². The van der Waals surface area contributed by atoms with Crippen molar-refractivity contribution in [3.8, 4) is 0 Å². The third-order valence-electron chi connectivity index (χ3n) is 0. The molecule has 0 aliphatic heterocycles. The first-order valence-corrected chi connectivity index (χ1v) is 0. The number of halogens is 12. The Morgan fingerprint density at radius 2 is 0.200 bits per heavy atom. The third kappa shape index (κ3) is 890. The van der Waals surface area contributed by atoms with Gasteiger partial charge in [0, 0.05) is 0 Å². The van der Waals surface area contributed by atoms with Crippen LogP contribution in [0.2, 0.25) is 0 Å². The summed E-state index contributed by atoms with van der Waals surface area (Å²) < 4.78 is 0. The summed E-state index contributed by atoms with van der Waals surface area (Å²) in [6.07, 6.45) is 0. The van der Waals surface area contributed by atoms with Crippen molar-refractivity contribution in [3.63, 3.8) is 0 Å². The first-order valence-electron chi connectivity index (χ1n) is 0. The maximum Gasteiger partial charge on any atom is 5.00 e. The van der Waals surface area contributed by atoms with Crippen LogP contribution in [0.15, 0.2) is 0 Å². The van der Waals surface area contributed by atoms with Gasteiger partial charge in [-0.2, -0.15) is 0 Å². The Balaban J connectivity index is 0. The molecule has 96 valence electrons. The van der Waals surface area contributed by atoms with Gasteiger partial charge in [-0.05, 0) is 0 Å². The van der Waals surface area contributed by atoms with Gasteiger partial charge in [0.1, 0.15) is 0 Å². The van der Waals surface area contributed by atoms with E-state index in [0.29, 0.717) is 0 Å². The maximum atomic E-state index is 0. The fourth-order valence-electron chi connectivity index (χ4n) is 0. The third-order valence-corrected chi connectivity index (χ3v) is 0. The van der Waals surface area contributed by atoms with Crippen LogP contribution in [0.1, 0.15) is 0 Å². The van der Waals surface area contributed by atoms with Crippen molar-refractivity contribution in [1.29, 1.82) is 0 Å². The van der Waals surface area contributed by atoms with Gasteiger partial charge < -0.3 is 56.5 Å². The summed E-state index contributed by atoms with van der Waals surface area (Å²) in [6.45, 7) is 0. The van der Waals surface area contributed by atoms with Crippen molar-refractivity contribution in [2.75, 3.05) is 0 Å². The second-order valence-corrected chi connectivity index (χ2v) is 0. The smallest absolute Gasteiger partial charge is 1.00 e. The average Bonchev–Trinajstić information content (AvgIpc) is 0. The molecule has 0 amide bonds. The minimum atomic E-state index is 0. The van der Waals surface area contributed by atoms with E-state index in [1.165, 1.54) is 0 Å². The first kappa shape index (κ1) is 1240. The Kier molecular flexibility index (Phi) is 84500. The zero-order valence-corrected chi connectivity index (χ0v) is 14.3. The molecule has 0 saturated carbocycles. The van der Waals surface area contributed by atoms with Crippen LogP contribution >= 0.6 is 0 Å². The van der Waals surface area contributed by atoms with Gasteiger partial charge in [-0.3, -0.25) is 0 Å². The molecule has 0 aromatic carbocycles. The molecule has 0 heterocycles. The topological polar surface area (TPSA) is 0 Å². The van der Waals surface area contributed by atoms with Gasteiger partial charge in [-0.25, -0.2) is 0 Å². The van der Waals surface area contributed by atoms with E-state index in [9.17, 15) is 0 Å². The van der Waals surface area contributed by atoms with E-state index in [4.69, 9.17) is 0 Å². The molecule has 0 unspecified atom stereocenters. The Labute approximate surface area is 140 Å². The molecule has 0 aliphatic rings. The second kappa shape index (κ2) is 1020. The predicted molar refractivity (Wildman–Crippen MR) is 17.3 cm³/mol. The van der Waals surface area contributed by atoms with Gasteiger partial charge in [0.2, 0.25) is 0 Å². The van der Waals surface area contributed by atoms with Crippen LogP contribution in [0.25, 0.3) is 0 Å².